The summed E-state index contributed by atoms with van der Waals surface area (Å²) in [6, 6.07) is 5.32. The molecule has 3 N–H and O–H groups in total. The molecule has 0 aromatic heterocycles. The minimum Gasteiger partial charge on any atom is -0.393 e. The standard InChI is InChI=1S/C23H39FN4O2/c1-5-25-23(26-12-9-22(17(3)4)30-6-2)27-16-18-7-8-21(20(24)15-18)28-13-10-19(29)11-14-28/h7-8,15,17,19,22,29H,5-6,9-14,16H2,1-4H3,(H2,25,26,27). The van der Waals surface area contributed by atoms with Gasteiger partial charge in [0.25, 0.3) is 0 Å². The van der Waals surface area contributed by atoms with E-state index in [1.807, 2.05) is 30.9 Å². The molecule has 1 saturated heterocycles. The van der Waals surface area contributed by atoms with Crippen LogP contribution in [-0.2, 0) is 11.3 Å². The molecule has 1 aliphatic heterocycles. The zero-order chi connectivity index (χ0) is 21.9. The molecule has 1 aliphatic rings. The normalized spacial score (nSPS) is 16.8. The minimum absolute atomic E-state index is 0.225. The summed E-state index contributed by atoms with van der Waals surface area (Å²) in [5, 5.41) is 16.2. The Labute approximate surface area is 180 Å². The summed E-state index contributed by atoms with van der Waals surface area (Å²) in [6.07, 6.45) is 2.24. The SMILES string of the molecule is CCNC(=NCc1ccc(N2CCC(O)CC2)c(F)c1)NCCC(OCC)C(C)C. The second kappa shape index (κ2) is 12.7. The van der Waals surface area contributed by atoms with E-state index >= 15 is 0 Å². The maximum absolute atomic E-state index is 14.6. The third-order valence-electron chi connectivity index (χ3n) is 5.43. The molecule has 1 aromatic rings. The molecule has 0 spiro atoms. The first-order valence-corrected chi connectivity index (χ1v) is 11.3. The number of nitrogens with zero attached hydrogens (tertiary/aromatic N) is 2. The van der Waals surface area contributed by atoms with Crippen molar-refractivity contribution >= 4 is 11.6 Å². The average Bonchev–Trinajstić information content (AvgIpc) is 2.72. The van der Waals surface area contributed by atoms with Gasteiger partial charge < -0.3 is 25.4 Å². The van der Waals surface area contributed by atoms with Crippen molar-refractivity contribution in [3.8, 4) is 0 Å². The van der Waals surface area contributed by atoms with Crippen molar-refractivity contribution in [1.82, 2.24) is 10.6 Å². The Balaban J connectivity index is 1.92. The van der Waals surface area contributed by atoms with Gasteiger partial charge in [-0.1, -0.05) is 19.9 Å². The first kappa shape index (κ1) is 24.4. The molecule has 170 valence electrons. The fourth-order valence-corrected chi connectivity index (χ4v) is 3.68. The maximum atomic E-state index is 14.6. The van der Waals surface area contributed by atoms with E-state index in [1.54, 1.807) is 6.07 Å². The number of benzene rings is 1. The Hall–Kier alpha value is -1.86. The Kier molecular flexibility index (Phi) is 10.4. The Morgan fingerprint density at radius 3 is 2.60 bits per heavy atom. The van der Waals surface area contributed by atoms with Gasteiger partial charge in [0.05, 0.1) is 24.4 Å². The molecular weight excluding hydrogens is 383 g/mol. The van der Waals surface area contributed by atoms with Gasteiger partial charge in [-0.15, -0.1) is 0 Å². The van der Waals surface area contributed by atoms with E-state index in [0.29, 0.717) is 44.1 Å². The van der Waals surface area contributed by atoms with Gasteiger partial charge in [0.15, 0.2) is 5.96 Å². The largest absolute Gasteiger partial charge is 0.393 e. The summed E-state index contributed by atoms with van der Waals surface area (Å²) in [4.78, 5) is 6.61. The lowest BCUT2D eigenvalue weighted by atomic mass is 10.0. The lowest BCUT2D eigenvalue weighted by Gasteiger charge is -2.31. The number of nitrogens with one attached hydrogen (secondary N) is 2. The zero-order valence-electron chi connectivity index (χ0n) is 19.0. The predicted molar refractivity (Wildman–Crippen MR) is 122 cm³/mol. The van der Waals surface area contributed by atoms with E-state index in [9.17, 15) is 9.50 Å². The number of rotatable bonds is 10. The van der Waals surface area contributed by atoms with Crippen LogP contribution in [0.2, 0.25) is 0 Å². The van der Waals surface area contributed by atoms with Crippen molar-refractivity contribution in [2.75, 3.05) is 37.7 Å². The zero-order valence-corrected chi connectivity index (χ0v) is 19.0. The molecule has 1 fully saturated rings. The molecule has 0 amide bonds. The number of hydrogen-bond acceptors (Lipinski definition) is 4. The van der Waals surface area contributed by atoms with Gasteiger partial charge >= 0.3 is 0 Å². The summed E-state index contributed by atoms with van der Waals surface area (Å²) < 4.78 is 20.4. The molecular formula is C23H39FN4O2. The van der Waals surface area contributed by atoms with Gasteiger partial charge in [0.2, 0.25) is 0 Å². The van der Waals surface area contributed by atoms with Crippen molar-refractivity contribution in [2.45, 2.75) is 65.7 Å². The second-order valence-electron chi connectivity index (χ2n) is 8.15. The highest BCUT2D eigenvalue weighted by Gasteiger charge is 2.19. The van der Waals surface area contributed by atoms with Crippen LogP contribution in [0, 0.1) is 11.7 Å². The summed E-state index contributed by atoms with van der Waals surface area (Å²) in [5.74, 6) is 0.968. The van der Waals surface area contributed by atoms with Crippen LogP contribution in [0.25, 0.3) is 0 Å². The van der Waals surface area contributed by atoms with E-state index in [1.165, 1.54) is 0 Å². The summed E-state index contributed by atoms with van der Waals surface area (Å²) in [5.41, 5.74) is 1.44. The van der Waals surface area contributed by atoms with Crippen LogP contribution in [0.4, 0.5) is 10.1 Å². The third kappa shape index (κ3) is 7.76. The molecule has 2 rings (SSSR count). The fourth-order valence-electron chi connectivity index (χ4n) is 3.68. The highest BCUT2D eigenvalue weighted by molar-refractivity contribution is 5.79. The molecule has 0 aliphatic carbocycles. The van der Waals surface area contributed by atoms with Crippen molar-refractivity contribution in [2.24, 2.45) is 10.9 Å². The highest BCUT2D eigenvalue weighted by Crippen LogP contribution is 2.24. The van der Waals surface area contributed by atoms with Crippen LogP contribution < -0.4 is 15.5 Å². The highest BCUT2D eigenvalue weighted by atomic mass is 19.1. The quantitative estimate of drug-likeness (QED) is 0.399. The molecule has 0 saturated carbocycles. The maximum Gasteiger partial charge on any atom is 0.191 e. The van der Waals surface area contributed by atoms with Crippen molar-refractivity contribution in [3.63, 3.8) is 0 Å². The van der Waals surface area contributed by atoms with Crippen LogP contribution in [-0.4, -0.2) is 56.1 Å². The van der Waals surface area contributed by atoms with E-state index < -0.39 is 0 Å². The Morgan fingerprint density at radius 1 is 1.27 bits per heavy atom. The number of ether oxygens (including phenoxy) is 1. The Morgan fingerprint density at radius 2 is 2.00 bits per heavy atom. The van der Waals surface area contributed by atoms with E-state index in [-0.39, 0.29) is 18.0 Å². The molecule has 1 aromatic carbocycles. The smallest absolute Gasteiger partial charge is 0.191 e. The Bertz CT molecular complexity index is 661. The molecule has 6 nitrogen and oxygen atoms in total. The van der Waals surface area contributed by atoms with Crippen LogP contribution in [0.3, 0.4) is 0 Å². The van der Waals surface area contributed by atoms with Crippen LogP contribution in [0.1, 0.15) is 52.5 Å². The van der Waals surface area contributed by atoms with Gasteiger partial charge in [-0.25, -0.2) is 9.38 Å². The van der Waals surface area contributed by atoms with Crippen molar-refractivity contribution < 1.29 is 14.2 Å². The summed E-state index contributed by atoms with van der Waals surface area (Å²) in [7, 11) is 0. The first-order chi connectivity index (χ1) is 14.4. The van der Waals surface area contributed by atoms with Crippen LogP contribution in [0.15, 0.2) is 23.2 Å². The van der Waals surface area contributed by atoms with Gasteiger partial charge in [-0.3, -0.25) is 0 Å². The second-order valence-corrected chi connectivity index (χ2v) is 8.15. The lowest BCUT2D eigenvalue weighted by molar-refractivity contribution is 0.0258. The van der Waals surface area contributed by atoms with Crippen molar-refractivity contribution in [1.29, 1.82) is 0 Å². The van der Waals surface area contributed by atoms with E-state index in [0.717, 1.165) is 37.6 Å². The number of halogens is 1. The summed E-state index contributed by atoms with van der Waals surface area (Å²) >= 11 is 0. The number of piperidine rings is 1. The number of guanidine groups is 1. The number of hydrogen-bond donors (Lipinski definition) is 3. The first-order valence-electron chi connectivity index (χ1n) is 11.3. The molecule has 30 heavy (non-hydrogen) atoms. The minimum atomic E-state index is -0.265. The monoisotopic (exact) mass is 422 g/mol. The molecule has 7 heteroatoms. The average molecular weight is 423 g/mol. The molecule has 1 atom stereocenters. The summed E-state index contributed by atoms with van der Waals surface area (Å²) in [6.45, 7) is 12.4. The number of anilines is 1. The van der Waals surface area contributed by atoms with Gasteiger partial charge in [0.1, 0.15) is 5.82 Å². The molecule has 1 heterocycles. The number of aliphatic hydroxyl groups is 1. The van der Waals surface area contributed by atoms with Gasteiger partial charge in [-0.2, -0.15) is 0 Å². The van der Waals surface area contributed by atoms with Crippen LogP contribution >= 0.6 is 0 Å². The number of aliphatic hydroxyl groups excluding tert-OH is 1. The predicted octanol–water partition coefficient (Wildman–Crippen LogP) is 3.29. The van der Waals surface area contributed by atoms with Gasteiger partial charge in [0, 0.05) is 32.8 Å². The van der Waals surface area contributed by atoms with Gasteiger partial charge in [-0.05, 0) is 56.7 Å². The topological polar surface area (TPSA) is 69.1 Å². The number of aliphatic imine (C=N–C) groups is 1. The third-order valence-corrected chi connectivity index (χ3v) is 5.43. The fraction of sp³-hybridized carbons (Fsp3) is 0.696. The van der Waals surface area contributed by atoms with E-state index in [4.69, 9.17) is 4.74 Å². The molecule has 1 unspecified atom stereocenters. The van der Waals surface area contributed by atoms with E-state index in [2.05, 4.69) is 29.5 Å². The molecule has 0 bridgehead atoms. The van der Waals surface area contributed by atoms with Crippen LogP contribution in [0.5, 0.6) is 0 Å². The lowest BCUT2D eigenvalue weighted by Crippen LogP contribution is -2.39. The van der Waals surface area contributed by atoms with Crippen molar-refractivity contribution in [3.05, 3.63) is 29.6 Å². The molecule has 0 radical (unpaired) electrons.